The largest absolute Gasteiger partial charge is 0.382 e. The second-order valence-corrected chi connectivity index (χ2v) is 10.6. The Morgan fingerprint density at radius 1 is 1.21 bits per heavy atom. The van der Waals surface area contributed by atoms with Gasteiger partial charge in [0.15, 0.2) is 0 Å². The van der Waals surface area contributed by atoms with Crippen LogP contribution in [0.15, 0.2) is 42.5 Å². The maximum absolute atomic E-state index is 11.9. The summed E-state index contributed by atoms with van der Waals surface area (Å²) in [6, 6.07) is 14.5. The van der Waals surface area contributed by atoms with Crippen LogP contribution in [0.1, 0.15) is 43.1 Å². The number of methoxy groups -OCH3 is 1. The van der Waals surface area contributed by atoms with Crippen molar-refractivity contribution in [1.29, 1.82) is 0 Å². The molecular weight excluding hydrogens is 434 g/mol. The Bertz CT molecular complexity index is 1100. The van der Waals surface area contributed by atoms with Crippen LogP contribution in [-0.4, -0.2) is 44.9 Å². The summed E-state index contributed by atoms with van der Waals surface area (Å²) in [5.74, 6) is 3.11. The Kier molecular flexibility index (Phi) is 7.93. The zero-order chi connectivity index (χ0) is 23.2. The minimum absolute atomic E-state index is 0.123. The lowest BCUT2D eigenvalue weighted by atomic mass is 10.0. The number of amides is 1. The Balaban J connectivity index is 1.76. The van der Waals surface area contributed by atoms with Gasteiger partial charge in [-0.15, -0.1) is 0 Å². The van der Waals surface area contributed by atoms with Gasteiger partial charge in [-0.05, 0) is 56.2 Å². The molecule has 1 aliphatic rings. The van der Waals surface area contributed by atoms with Gasteiger partial charge in [-0.3, -0.25) is 9.00 Å². The molecule has 0 spiro atoms. The van der Waals surface area contributed by atoms with Crippen LogP contribution >= 0.6 is 0 Å². The molecule has 1 aliphatic heterocycles. The standard InChI is InChI=1S/C26H33N3O3S/c1-19(32-2)8-9-22-23(27-18-30)10-11-24-26(22)28-25(16-20-6-4-3-5-7-20)29(24)17-21-12-14-33(31)15-13-21/h3-7,10-11,18-19,21H,8-9,12-17H2,1-2H3,(H,27,30). The Hall–Kier alpha value is -2.51. The van der Waals surface area contributed by atoms with Gasteiger partial charge < -0.3 is 14.6 Å². The first-order valence-electron chi connectivity index (χ1n) is 11.7. The molecule has 2 aromatic carbocycles. The molecular formula is C26H33N3O3S. The van der Waals surface area contributed by atoms with Gasteiger partial charge in [-0.25, -0.2) is 4.98 Å². The van der Waals surface area contributed by atoms with Gasteiger partial charge >= 0.3 is 0 Å². The van der Waals surface area contributed by atoms with Crippen LogP contribution in [0.4, 0.5) is 5.69 Å². The number of nitrogens with one attached hydrogen (secondary N) is 1. The lowest BCUT2D eigenvalue weighted by molar-refractivity contribution is -0.105. The van der Waals surface area contributed by atoms with E-state index in [2.05, 4.69) is 47.1 Å². The molecule has 0 aliphatic carbocycles. The fourth-order valence-electron chi connectivity index (χ4n) is 4.61. The van der Waals surface area contributed by atoms with Gasteiger partial charge in [0, 0.05) is 53.6 Å². The third-order valence-corrected chi connectivity index (χ3v) is 8.06. The molecule has 33 heavy (non-hydrogen) atoms. The van der Waals surface area contributed by atoms with Crippen molar-refractivity contribution in [3.05, 3.63) is 59.4 Å². The predicted octanol–water partition coefficient (Wildman–Crippen LogP) is 4.32. The smallest absolute Gasteiger partial charge is 0.211 e. The molecule has 1 fully saturated rings. The summed E-state index contributed by atoms with van der Waals surface area (Å²) >= 11 is 0. The van der Waals surface area contributed by atoms with Crippen LogP contribution in [0.5, 0.6) is 0 Å². The Morgan fingerprint density at radius 3 is 2.67 bits per heavy atom. The molecule has 1 aromatic heterocycles. The molecule has 1 amide bonds. The molecule has 1 atom stereocenters. The zero-order valence-electron chi connectivity index (χ0n) is 19.5. The third kappa shape index (κ3) is 5.71. The van der Waals surface area contributed by atoms with E-state index in [1.165, 1.54) is 5.56 Å². The van der Waals surface area contributed by atoms with Gasteiger partial charge in [0.05, 0.1) is 17.1 Å². The van der Waals surface area contributed by atoms with E-state index in [1.807, 2.05) is 12.1 Å². The lowest BCUT2D eigenvalue weighted by Gasteiger charge is -2.23. The van der Waals surface area contributed by atoms with E-state index in [4.69, 9.17) is 9.72 Å². The second-order valence-electron chi connectivity index (χ2n) is 8.90. The minimum Gasteiger partial charge on any atom is -0.382 e. The molecule has 1 unspecified atom stereocenters. The highest BCUT2D eigenvalue weighted by Gasteiger charge is 2.23. The normalized spacial score (nSPS) is 19.5. The number of benzene rings is 2. The molecule has 7 heteroatoms. The van der Waals surface area contributed by atoms with Crippen molar-refractivity contribution >= 4 is 33.9 Å². The van der Waals surface area contributed by atoms with E-state index in [0.29, 0.717) is 5.92 Å². The molecule has 4 rings (SSSR count). The van der Waals surface area contributed by atoms with E-state index in [9.17, 15) is 9.00 Å². The molecule has 0 bridgehead atoms. The van der Waals surface area contributed by atoms with Crippen LogP contribution in [-0.2, 0) is 39.7 Å². The molecule has 2 heterocycles. The highest BCUT2D eigenvalue weighted by molar-refractivity contribution is 7.85. The summed E-state index contributed by atoms with van der Waals surface area (Å²) in [6.07, 6.45) is 5.19. The summed E-state index contributed by atoms with van der Waals surface area (Å²) in [7, 11) is 1.05. The Labute approximate surface area is 198 Å². The van der Waals surface area contributed by atoms with E-state index < -0.39 is 10.8 Å². The number of carbonyl (C=O) groups excluding carboxylic acids is 1. The van der Waals surface area contributed by atoms with E-state index >= 15 is 0 Å². The predicted molar refractivity (Wildman–Crippen MR) is 134 cm³/mol. The number of nitrogens with zero attached hydrogens (tertiary/aromatic N) is 2. The number of imidazole rings is 1. The number of fused-ring (bicyclic) bond motifs is 1. The monoisotopic (exact) mass is 467 g/mol. The number of rotatable bonds is 10. The summed E-state index contributed by atoms with van der Waals surface area (Å²) in [5, 5.41) is 2.87. The second kappa shape index (κ2) is 11.1. The molecule has 176 valence electrons. The quantitative estimate of drug-likeness (QED) is 0.451. The maximum atomic E-state index is 11.9. The number of ether oxygens (including phenoxy) is 1. The highest BCUT2D eigenvalue weighted by Crippen LogP contribution is 2.31. The number of aryl methyl sites for hydroxylation is 1. The molecule has 1 N–H and O–H groups in total. The molecule has 0 radical (unpaired) electrons. The Morgan fingerprint density at radius 2 is 1.97 bits per heavy atom. The van der Waals surface area contributed by atoms with Gasteiger partial charge in [0.1, 0.15) is 5.82 Å². The average molecular weight is 468 g/mol. The molecule has 1 saturated heterocycles. The van der Waals surface area contributed by atoms with Crippen molar-refractivity contribution in [3.8, 4) is 0 Å². The first-order chi connectivity index (χ1) is 16.1. The SMILES string of the molecule is COC(C)CCc1c(NC=O)ccc2c1nc(Cc1ccccc1)n2CC1CCS(=O)CC1. The molecule has 0 saturated carbocycles. The van der Waals surface area contributed by atoms with Gasteiger partial charge in [0.25, 0.3) is 0 Å². The van der Waals surface area contributed by atoms with Crippen molar-refractivity contribution in [2.75, 3.05) is 23.9 Å². The van der Waals surface area contributed by atoms with Crippen LogP contribution in [0, 0.1) is 5.92 Å². The van der Waals surface area contributed by atoms with Gasteiger partial charge in [-0.2, -0.15) is 0 Å². The summed E-state index contributed by atoms with van der Waals surface area (Å²) in [6.45, 7) is 2.93. The third-order valence-electron chi connectivity index (χ3n) is 6.68. The van der Waals surface area contributed by atoms with Crippen LogP contribution in [0.2, 0.25) is 0 Å². The molecule has 6 nitrogen and oxygen atoms in total. The van der Waals surface area contributed by atoms with Gasteiger partial charge in [-0.1, -0.05) is 30.3 Å². The number of aromatic nitrogens is 2. The highest BCUT2D eigenvalue weighted by atomic mass is 32.2. The summed E-state index contributed by atoms with van der Waals surface area (Å²) < 4.78 is 19.7. The van der Waals surface area contributed by atoms with Crippen molar-refractivity contribution in [1.82, 2.24) is 9.55 Å². The van der Waals surface area contributed by atoms with Crippen molar-refractivity contribution < 1.29 is 13.7 Å². The number of hydrogen-bond acceptors (Lipinski definition) is 4. The van der Waals surface area contributed by atoms with Crippen molar-refractivity contribution in [2.45, 2.75) is 51.7 Å². The van der Waals surface area contributed by atoms with Crippen molar-refractivity contribution in [2.24, 2.45) is 5.92 Å². The topological polar surface area (TPSA) is 73.2 Å². The fraction of sp³-hybridized carbons (Fsp3) is 0.462. The maximum Gasteiger partial charge on any atom is 0.211 e. The fourth-order valence-corrected chi connectivity index (χ4v) is 6.01. The van der Waals surface area contributed by atoms with E-state index in [0.717, 1.165) is 84.7 Å². The van der Waals surface area contributed by atoms with Crippen LogP contribution < -0.4 is 5.32 Å². The average Bonchev–Trinajstić information content (AvgIpc) is 3.17. The number of anilines is 1. The molecule has 3 aromatic rings. The minimum atomic E-state index is -0.669. The van der Waals surface area contributed by atoms with E-state index in [1.54, 1.807) is 7.11 Å². The van der Waals surface area contributed by atoms with E-state index in [-0.39, 0.29) is 6.10 Å². The van der Waals surface area contributed by atoms with Crippen LogP contribution in [0.3, 0.4) is 0 Å². The first kappa shape index (κ1) is 23.6. The van der Waals surface area contributed by atoms with Gasteiger partial charge in [0.2, 0.25) is 6.41 Å². The lowest BCUT2D eigenvalue weighted by Crippen LogP contribution is -2.23. The summed E-state index contributed by atoms with van der Waals surface area (Å²) in [5.41, 5.74) is 5.14. The summed E-state index contributed by atoms with van der Waals surface area (Å²) in [4.78, 5) is 16.4. The first-order valence-corrected chi connectivity index (χ1v) is 13.2. The zero-order valence-corrected chi connectivity index (χ0v) is 20.3. The number of carbonyl (C=O) groups is 1. The van der Waals surface area contributed by atoms with Crippen molar-refractivity contribution in [3.63, 3.8) is 0 Å². The number of hydrogen-bond donors (Lipinski definition) is 1. The van der Waals surface area contributed by atoms with Crippen LogP contribution in [0.25, 0.3) is 11.0 Å².